The average molecular weight is 189 g/mol. The van der Waals surface area contributed by atoms with E-state index in [1.54, 1.807) is 0 Å². The van der Waals surface area contributed by atoms with Crippen molar-refractivity contribution in [3.8, 4) is 0 Å². The van der Waals surface area contributed by atoms with Gasteiger partial charge in [0.1, 0.15) is 0 Å². The van der Waals surface area contributed by atoms with Gasteiger partial charge in [-0.1, -0.05) is 0 Å². The first-order chi connectivity index (χ1) is 4.71. The van der Waals surface area contributed by atoms with Gasteiger partial charge in [-0.05, 0) is 0 Å². The van der Waals surface area contributed by atoms with Gasteiger partial charge in [-0.25, -0.2) is 0 Å². The molecule has 0 atom stereocenters. The summed E-state index contributed by atoms with van der Waals surface area (Å²) in [4.78, 5) is 0. The Hall–Kier alpha value is 0.247. The van der Waals surface area contributed by atoms with Gasteiger partial charge in [0, 0.05) is 0 Å². The summed E-state index contributed by atoms with van der Waals surface area (Å²) in [6.07, 6.45) is 0. The summed E-state index contributed by atoms with van der Waals surface area (Å²) in [6, 6.07) is 0. The van der Waals surface area contributed by atoms with Crippen molar-refractivity contribution < 1.29 is 0 Å². The van der Waals surface area contributed by atoms with E-state index in [4.69, 9.17) is 0 Å². The molecule has 0 bridgehead atoms. The first kappa shape index (κ1) is 11.2. The van der Waals surface area contributed by atoms with E-state index in [0.29, 0.717) is 0 Å². The Morgan fingerprint density at radius 1 is 1.09 bits per heavy atom. The zero-order valence-electron chi connectivity index (χ0n) is 8.34. The van der Waals surface area contributed by atoms with E-state index in [1.807, 2.05) is 0 Å². The molecule has 0 N–H and O–H groups in total. The quantitative estimate of drug-likeness (QED) is 0.441. The van der Waals surface area contributed by atoms with E-state index in [9.17, 15) is 0 Å². The Bertz CT molecular complexity index is 164. The van der Waals surface area contributed by atoms with Gasteiger partial charge in [-0.15, -0.1) is 0 Å². The Labute approximate surface area is 72.1 Å². The summed E-state index contributed by atoms with van der Waals surface area (Å²) < 4.78 is 8.87. The molecule has 0 aromatic carbocycles. The molecule has 64 valence electrons. The van der Waals surface area contributed by atoms with Crippen LogP contribution in [-0.2, 0) is 0 Å². The van der Waals surface area contributed by atoms with Gasteiger partial charge < -0.3 is 0 Å². The fourth-order valence-electron chi connectivity index (χ4n) is 0.291. The van der Waals surface area contributed by atoms with Crippen molar-refractivity contribution in [2.75, 3.05) is 0 Å². The molecule has 11 heavy (non-hydrogen) atoms. The molecule has 0 saturated heterocycles. The van der Waals surface area contributed by atoms with Crippen molar-refractivity contribution in [2.24, 2.45) is 9.16 Å². The number of rotatable bonds is 1. The van der Waals surface area contributed by atoms with Crippen LogP contribution in [0.25, 0.3) is 0 Å². The summed E-state index contributed by atoms with van der Waals surface area (Å²) >= 11 is 0. The average Bonchev–Trinajstić information content (AvgIpc) is 1.55. The standard InChI is InChI=1S/C7H18N2PSi/c1-7(2,3)8-10-9-11(4,5)6/h1-6H3/q+1. The van der Waals surface area contributed by atoms with Gasteiger partial charge in [-0.3, -0.25) is 0 Å². The molecule has 0 saturated carbocycles. The maximum absolute atomic E-state index is 4.49. The summed E-state index contributed by atoms with van der Waals surface area (Å²) in [5.41, 5.74) is 0.0602. The van der Waals surface area contributed by atoms with E-state index in [0.717, 1.165) is 8.16 Å². The van der Waals surface area contributed by atoms with Crippen LogP contribution in [0.5, 0.6) is 0 Å². The molecule has 0 fully saturated rings. The summed E-state index contributed by atoms with van der Waals surface area (Å²) in [5.74, 6) is 0. The molecule has 0 aromatic heterocycles. The van der Waals surface area contributed by atoms with E-state index in [2.05, 4.69) is 49.6 Å². The van der Waals surface area contributed by atoms with Crippen LogP contribution >= 0.6 is 8.16 Å². The molecule has 4 heteroatoms. The second-order valence-corrected chi connectivity index (χ2v) is 10.2. The van der Waals surface area contributed by atoms with Gasteiger partial charge in [0.05, 0.1) is 0 Å². The molecule has 0 radical (unpaired) electrons. The molecule has 0 heterocycles. The van der Waals surface area contributed by atoms with Crippen LogP contribution < -0.4 is 0 Å². The molecule has 2 nitrogen and oxygen atoms in total. The Morgan fingerprint density at radius 2 is 1.55 bits per heavy atom. The van der Waals surface area contributed by atoms with Crippen LogP contribution in [0.15, 0.2) is 9.16 Å². The fourth-order valence-corrected chi connectivity index (χ4v) is 1.81. The van der Waals surface area contributed by atoms with Crippen molar-refractivity contribution in [1.29, 1.82) is 0 Å². The third-order valence-corrected chi connectivity index (χ3v) is 4.14. The molecule has 0 rings (SSSR count). The Morgan fingerprint density at radius 3 is 1.82 bits per heavy atom. The van der Waals surface area contributed by atoms with Crippen LogP contribution in [0.4, 0.5) is 0 Å². The fraction of sp³-hybridized carbons (Fsp3) is 1.00. The van der Waals surface area contributed by atoms with Gasteiger partial charge in [0.25, 0.3) is 0 Å². The second-order valence-electron chi connectivity index (χ2n) is 4.63. The predicted octanol–water partition coefficient (Wildman–Crippen LogP) is 3.93. The first-order valence-electron chi connectivity index (χ1n) is 3.85. The number of hydrogen-bond acceptors (Lipinski definition) is 2. The number of hydrogen-bond donors (Lipinski definition) is 0. The monoisotopic (exact) mass is 189 g/mol. The Kier molecular flexibility index (Phi) is 3.85. The van der Waals surface area contributed by atoms with Crippen LogP contribution in [0, 0.1) is 0 Å². The summed E-state index contributed by atoms with van der Waals surface area (Å²) in [7, 11) is -0.325. The van der Waals surface area contributed by atoms with Gasteiger partial charge in [0.15, 0.2) is 0 Å². The predicted molar refractivity (Wildman–Crippen MR) is 54.9 cm³/mol. The van der Waals surface area contributed by atoms with E-state index >= 15 is 0 Å². The molecular weight excluding hydrogens is 171 g/mol. The second kappa shape index (κ2) is 3.77. The van der Waals surface area contributed by atoms with Crippen molar-refractivity contribution in [3.63, 3.8) is 0 Å². The minimum absolute atomic E-state index is 0.0602. The van der Waals surface area contributed by atoms with Crippen molar-refractivity contribution in [3.05, 3.63) is 0 Å². The van der Waals surface area contributed by atoms with Crippen molar-refractivity contribution >= 4 is 16.4 Å². The van der Waals surface area contributed by atoms with Gasteiger partial charge in [-0.2, -0.15) is 0 Å². The SMILES string of the molecule is CC(C)(C)N=[P+]=N[Si](C)(C)C. The van der Waals surface area contributed by atoms with Crippen LogP contribution in [-0.4, -0.2) is 13.8 Å². The molecular formula is C7H18N2PSi+. The molecule has 0 aliphatic heterocycles. The topological polar surface area (TPSA) is 24.7 Å². The van der Waals surface area contributed by atoms with E-state index in [1.165, 1.54) is 0 Å². The maximum atomic E-state index is 4.49. The number of nitrogens with zero attached hydrogens (tertiary/aromatic N) is 2. The molecule has 0 unspecified atom stereocenters. The third kappa shape index (κ3) is 10.2. The molecule has 0 amide bonds. The van der Waals surface area contributed by atoms with Gasteiger partial charge in [0.2, 0.25) is 0 Å². The Balaban J connectivity index is 4.25. The zero-order chi connectivity index (χ0) is 9.12. The van der Waals surface area contributed by atoms with E-state index in [-0.39, 0.29) is 5.54 Å². The normalized spacial score (nSPS) is 12.5. The molecule has 0 aliphatic rings. The van der Waals surface area contributed by atoms with Crippen molar-refractivity contribution in [1.82, 2.24) is 0 Å². The van der Waals surface area contributed by atoms with Crippen LogP contribution in [0.3, 0.4) is 0 Å². The first-order valence-corrected chi connectivity index (χ1v) is 8.09. The summed E-state index contributed by atoms with van der Waals surface area (Å²) in [5, 5.41) is 0. The van der Waals surface area contributed by atoms with Gasteiger partial charge >= 0.3 is 71.5 Å². The van der Waals surface area contributed by atoms with Crippen LogP contribution in [0.2, 0.25) is 19.6 Å². The van der Waals surface area contributed by atoms with Crippen LogP contribution in [0.1, 0.15) is 20.8 Å². The zero-order valence-corrected chi connectivity index (χ0v) is 10.2. The third-order valence-electron chi connectivity index (χ3n) is 0.689. The molecule has 0 aromatic rings. The van der Waals surface area contributed by atoms with E-state index < -0.39 is 8.24 Å². The molecule has 0 spiro atoms. The van der Waals surface area contributed by atoms with Crippen molar-refractivity contribution in [2.45, 2.75) is 46.0 Å². The minimum atomic E-state index is -1.24. The summed E-state index contributed by atoms with van der Waals surface area (Å²) in [6.45, 7) is 13.0. The molecule has 0 aliphatic carbocycles.